The van der Waals surface area contributed by atoms with Crippen molar-refractivity contribution in [3.8, 4) is 0 Å². The van der Waals surface area contributed by atoms with E-state index in [1.54, 1.807) is 4.68 Å². The number of nitrogens with one attached hydrogen (secondary N) is 2. The van der Waals surface area contributed by atoms with Crippen LogP contribution in [-0.4, -0.2) is 75.7 Å². The SMILES string of the molecule is CN[C@@](C)(CO[C@H]1[C@H](n2nnnc2NC(C)=O)C[C@@]23COC[C@@]1(C)[C@@H]2CC[C@H]1C3=CC[C@@]2(C)[C@H](C(=O)O)[C@@](C)([C@H](C)C(C)C)CC[C@]12C)C(C)C. The minimum atomic E-state index is -0.646. The van der Waals surface area contributed by atoms with E-state index in [-0.39, 0.29) is 57.1 Å². The van der Waals surface area contributed by atoms with Crippen molar-refractivity contribution in [3.63, 3.8) is 0 Å². The smallest absolute Gasteiger partial charge is 0.307 e. The first-order chi connectivity index (χ1) is 23.8. The monoisotopic (exact) mass is 711 g/mol. The second-order valence-electron chi connectivity index (χ2n) is 19.3. The number of carboxylic acids is 1. The topological polar surface area (TPSA) is 140 Å². The van der Waals surface area contributed by atoms with Gasteiger partial charge in [-0.3, -0.25) is 14.9 Å². The number of likely N-dealkylation sites (N-methyl/N-ethyl adjacent to an activating group) is 1. The van der Waals surface area contributed by atoms with Gasteiger partial charge in [0, 0.05) is 23.3 Å². The molecular weight excluding hydrogens is 644 g/mol. The molecule has 11 nitrogen and oxygen atoms in total. The maximum Gasteiger partial charge on any atom is 0.307 e. The number of carbonyl (C=O) groups excluding carboxylic acids is 1. The standard InChI is InChI=1S/C40H66N6O5/c1-23(2)25(5)35(7)17-18-37(9)27-13-14-30-36(8)20-50-22-40(30,28(27)15-16-38(37,10)31(35)33(48)49)19-29(46-34(42-26(6)47)43-44-45-46)32(36)51-21-39(11,41-12)24(3)4/h15,23-25,27,29-32,41H,13-14,16-22H2,1-12H3,(H,48,49)(H,42,43,45,47)/t25-,27+,29-,30+,31-,32+,35-,36+,37-,38+,39+,40+/m1/s1. The number of carboxylic acid groups (broad SMARTS) is 1. The van der Waals surface area contributed by atoms with Gasteiger partial charge >= 0.3 is 5.97 Å². The number of rotatable bonds is 10. The number of tetrazole rings is 1. The van der Waals surface area contributed by atoms with Crippen LogP contribution in [-0.2, 0) is 19.1 Å². The Labute approximate surface area is 305 Å². The number of carbonyl (C=O) groups is 2. The number of hydrogen-bond acceptors (Lipinski definition) is 8. The summed E-state index contributed by atoms with van der Waals surface area (Å²) in [4.78, 5) is 25.8. The van der Waals surface area contributed by atoms with Crippen molar-refractivity contribution >= 4 is 17.8 Å². The molecule has 286 valence electrons. The quantitative estimate of drug-likeness (QED) is 0.224. The van der Waals surface area contributed by atoms with E-state index < -0.39 is 17.3 Å². The van der Waals surface area contributed by atoms with Crippen molar-refractivity contribution in [1.29, 1.82) is 0 Å². The fourth-order valence-electron chi connectivity index (χ4n) is 12.6. The van der Waals surface area contributed by atoms with E-state index in [1.165, 1.54) is 12.5 Å². The van der Waals surface area contributed by atoms with Gasteiger partial charge in [-0.15, -0.1) is 0 Å². The summed E-state index contributed by atoms with van der Waals surface area (Å²) in [5, 5.41) is 30.3. The van der Waals surface area contributed by atoms with Gasteiger partial charge in [-0.2, -0.15) is 0 Å². The summed E-state index contributed by atoms with van der Waals surface area (Å²) in [6, 6.07) is -0.255. The summed E-state index contributed by atoms with van der Waals surface area (Å²) in [5.74, 6) is 0.592. The lowest BCUT2D eigenvalue weighted by Gasteiger charge is -2.71. The van der Waals surface area contributed by atoms with E-state index in [0.29, 0.717) is 49.9 Å². The molecule has 11 heteroatoms. The lowest BCUT2D eigenvalue weighted by Crippen LogP contribution is -2.69. The number of amides is 1. The second-order valence-corrected chi connectivity index (χ2v) is 19.3. The molecule has 1 saturated heterocycles. The van der Waals surface area contributed by atoms with Crippen LogP contribution in [0.2, 0.25) is 0 Å². The van der Waals surface area contributed by atoms with Gasteiger partial charge in [0.15, 0.2) is 0 Å². The average molecular weight is 711 g/mol. The van der Waals surface area contributed by atoms with Crippen molar-refractivity contribution in [3.05, 3.63) is 11.6 Å². The maximum absolute atomic E-state index is 13.5. The van der Waals surface area contributed by atoms with Gasteiger partial charge in [0.1, 0.15) is 0 Å². The lowest BCUT2D eigenvalue weighted by atomic mass is 9.34. The van der Waals surface area contributed by atoms with Crippen molar-refractivity contribution in [2.24, 2.45) is 62.6 Å². The molecule has 1 aromatic heterocycles. The van der Waals surface area contributed by atoms with Crippen LogP contribution in [0.25, 0.3) is 0 Å². The number of aliphatic carboxylic acids is 1. The van der Waals surface area contributed by atoms with Crippen LogP contribution >= 0.6 is 0 Å². The molecule has 1 amide bonds. The van der Waals surface area contributed by atoms with Crippen LogP contribution in [0, 0.1) is 62.6 Å². The Kier molecular flexibility index (Phi) is 9.70. The van der Waals surface area contributed by atoms with E-state index in [2.05, 4.69) is 101 Å². The zero-order valence-electron chi connectivity index (χ0n) is 33.4. The van der Waals surface area contributed by atoms with E-state index in [1.807, 2.05) is 7.05 Å². The highest BCUT2D eigenvalue weighted by atomic mass is 16.5. The molecule has 2 bridgehead atoms. The summed E-state index contributed by atoms with van der Waals surface area (Å²) in [6.07, 6.45) is 7.62. The highest BCUT2D eigenvalue weighted by Gasteiger charge is 2.72. The minimum Gasteiger partial charge on any atom is -0.481 e. The molecule has 5 aliphatic rings. The number of ether oxygens (including phenoxy) is 2. The molecule has 12 atom stereocenters. The van der Waals surface area contributed by atoms with Gasteiger partial charge in [0.2, 0.25) is 11.9 Å². The Bertz CT molecular complexity index is 1540. The van der Waals surface area contributed by atoms with Gasteiger partial charge in [-0.05, 0) is 109 Å². The normalized spacial score (nSPS) is 42.2. The molecule has 3 saturated carbocycles. The predicted octanol–water partition coefficient (Wildman–Crippen LogP) is 6.78. The van der Waals surface area contributed by atoms with Gasteiger partial charge in [0.05, 0.1) is 37.9 Å². The molecule has 0 radical (unpaired) electrons. The van der Waals surface area contributed by atoms with Gasteiger partial charge < -0.3 is 19.9 Å². The molecule has 4 aliphatic carbocycles. The Balaban J connectivity index is 1.47. The summed E-state index contributed by atoms with van der Waals surface area (Å²) in [7, 11) is 1.99. The van der Waals surface area contributed by atoms with Gasteiger partial charge in [-0.1, -0.05) is 79.1 Å². The highest BCUT2D eigenvalue weighted by Crippen LogP contribution is 2.75. The Morgan fingerprint density at radius 1 is 1.10 bits per heavy atom. The van der Waals surface area contributed by atoms with Crippen molar-refractivity contribution in [1.82, 2.24) is 25.5 Å². The molecule has 1 aromatic rings. The van der Waals surface area contributed by atoms with Crippen molar-refractivity contribution in [2.45, 2.75) is 132 Å². The van der Waals surface area contributed by atoms with Crippen molar-refractivity contribution in [2.75, 3.05) is 32.2 Å². The molecule has 1 aliphatic heterocycles. The maximum atomic E-state index is 13.5. The molecule has 3 N–H and O–H groups in total. The van der Waals surface area contributed by atoms with Crippen LogP contribution in [0.1, 0.15) is 121 Å². The van der Waals surface area contributed by atoms with Crippen LogP contribution in [0.4, 0.5) is 5.95 Å². The second kappa shape index (κ2) is 12.9. The van der Waals surface area contributed by atoms with E-state index in [9.17, 15) is 14.7 Å². The first kappa shape index (κ1) is 38.4. The Morgan fingerprint density at radius 3 is 2.41 bits per heavy atom. The Hall–Kier alpha value is -2.37. The van der Waals surface area contributed by atoms with Gasteiger partial charge in [0.25, 0.3) is 0 Å². The fourth-order valence-corrected chi connectivity index (χ4v) is 12.6. The van der Waals surface area contributed by atoms with Gasteiger partial charge in [-0.25, -0.2) is 4.68 Å². The predicted molar refractivity (Wildman–Crippen MR) is 197 cm³/mol. The zero-order chi connectivity index (χ0) is 37.5. The van der Waals surface area contributed by atoms with Crippen LogP contribution in [0.3, 0.4) is 0 Å². The minimum absolute atomic E-state index is 0.186. The largest absolute Gasteiger partial charge is 0.481 e. The van der Waals surface area contributed by atoms with Crippen LogP contribution in [0.5, 0.6) is 0 Å². The number of allylic oxidation sites excluding steroid dienone is 1. The zero-order valence-corrected chi connectivity index (χ0v) is 33.4. The average Bonchev–Trinajstić information content (AvgIpc) is 3.50. The van der Waals surface area contributed by atoms with E-state index >= 15 is 0 Å². The summed E-state index contributed by atoms with van der Waals surface area (Å²) < 4.78 is 15.7. The van der Waals surface area contributed by atoms with Crippen molar-refractivity contribution < 1.29 is 24.2 Å². The summed E-state index contributed by atoms with van der Waals surface area (Å²) in [6.45, 7) is 25.9. The number of nitrogens with zero attached hydrogens (tertiary/aromatic N) is 4. The molecule has 51 heavy (non-hydrogen) atoms. The first-order valence-electron chi connectivity index (χ1n) is 19.6. The molecule has 6 rings (SSSR count). The molecule has 0 unspecified atom stereocenters. The summed E-state index contributed by atoms with van der Waals surface area (Å²) in [5.41, 5.74) is -0.324. The summed E-state index contributed by atoms with van der Waals surface area (Å²) >= 11 is 0. The van der Waals surface area contributed by atoms with Crippen LogP contribution < -0.4 is 10.6 Å². The number of hydrogen-bond donors (Lipinski definition) is 3. The van der Waals surface area contributed by atoms with E-state index in [0.717, 1.165) is 32.1 Å². The Morgan fingerprint density at radius 2 is 1.80 bits per heavy atom. The molecule has 4 fully saturated rings. The van der Waals surface area contributed by atoms with E-state index in [4.69, 9.17) is 9.47 Å². The third-order valence-corrected chi connectivity index (χ3v) is 16.6. The number of anilines is 1. The number of fused-ring (bicyclic) bond motifs is 3. The number of aromatic nitrogens is 4. The fraction of sp³-hybridized carbons (Fsp3) is 0.875. The van der Waals surface area contributed by atoms with Crippen LogP contribution in [0.15, 0.2) is 11.6 Å². The highest BCUT2D eigenvalue weighted by molar-refractivity contribution is 5.86. The first-order valence-corrected chi connectivity index (χ1v) is 19.6. The molecule has 2 heterocycles. The third kappa shape index (κ3) is 5.47. The lowest BCUT2D eigenvalue weighted by molar-refractivity contribution is -0.253. The molecular formula is C40H66N6O5. The third-order valence-electron chi connectivity index (χ3n) is 16.6. The molecule has 0 spiro atoms. The molecule has 0 aromatic carbocycles.